The second-order valence-electron chi connectivity index (χ2n) is 21.5. The predicted octanol–water partition coefficient (Wildman–Crippen LogP) is 2.54. The molecule has 22 heteroatoms. The maximum atomic E-state index is 13.2. The highest BCUT2D eigenvalue weighted by Gasteiger charge is 2.35. The fourth-order valence-corrected chi connectivity index (χ4v) is 9.18. The maximum Gasteiger partial charge on any atom is 0.414 e. The van der Waals surface area contributed by atoms with Gasteiger partial charge >= 0.3 is 36.4 Å². The van der Waals surface area contributed by atoms with Crippen LogP contribution in [0.3, 0.4) is 0 Å². The lowest BCUT2D eigenvalue weighted by Crippen LogP contribution is -3.00. The van der Waals surface area contributed by atoms with Gasteiger partial charge in [-0.15, -0.1) is 0 Å². The number of esters is 1. The summed E-state index contributed by atoms with van der Waals surface area (Å²) in [6.45, 7) is 16.1. The van der Waals surface area contributed by atoms with Crippen molar-refractivity contribution < 1.29 is 111 Å². The number of likely N-dealkylation sites (tertiary alicyclic amines) is 2. The Labute approximate surface area is 499 Å². The van der Waals surface area contributed by atoms with Crippen LogP contribution in [0, 0.1) is 11.8 Å². The summed E-state index contributed by atoms with van der Waals surface area (Å²) in [6, 6.07) is 27.1. The van der Waals surface area contributed by atoms with Crippen molar-refractivity contribution in [2.24, 2.45) is 11.8 Å². The zero-order chi connectivity index (χ0) is 59.4. The van der Waals surface area contributed by atoms with Gasteiger partial charge in [0.2, 0.25) is 0 Å². The van der Waals surface area contributed by atoms with Crippen molar-refractivity contribution >= 4 is 48.0 Å². The van der Waals surface area contributed by atoms with Gasteiger partial charge in [0.1, 0.15) is 5.60 Å². The number of rotatable bonds is 19. The Morgan fingerprint density at radius 3 is 1.34 bits per heavy atom. The number of benzene rings is 2. The van der Waals surface area contributed by atoms with E-state index in [1.54, 1.807) is 77.7 Å². The number of nitrogens with zero attached hydrogens (tertiary/aromatic N) is 4. The molecule has 4 aromatic rings. The third-order valence-corrected chi connectivity index (χ3v) is 13.3. The summed E-state index contributed by atoms with van der Waals surface area (Å²) in [7, 11) is 0. The lowest BCUT2D eigenvalue weighted by molar-refractivity contribution is -0.727. The molecule has 2 aromatic heterocycles. The van der Waals surface area contributed by atoms with Gasteiger partial charge in [0.05, 0.1) is 41.8 Å². The Balaban J connectivity index is 0.00000145. The molecular formula is C61H82Cl2N4O16. The molecule has 83 heavy (non-hydrogen) atoms. The number of halogens is 2. The van der Waals surface area contributed by atoms with E-state index in [-0.39, 0.29) is 113 Å². The summed E-state index contributed by atoms with van der Waals surface area (Å²) < 4.78 is 25.9. The number of ether oxygens (including phenoxy) is 4. The largest absolute Gasteiger partial charge is 1.00 e. The van der Waals surface area contributed by atoms with Crippen LogP contribution in [-0.2, 0) is 61.2 Å². The number of carboxylic acids is 1. The Bertz CT molecular complexity index is 2680. The van der Waals surface area contributed by atoms with E-state index in [0.717, 1.165) is 38.5 Å². The lowest BCUT2D eigenvalue weighted by atomic mass is 9.87. The summed E-state index contributed by atoms with van der Waals surface area (Å²) in [6.07, 6.45) is 11.8. The normalized spacial score (nSPS) is 15.9. The van der Waals surface area contributed by atoms with E-state index in [1.165, 1.54) is 17.3 Å². The van der Waals surface area contributed by atoms with Crippen LogP contribution >= 0.6 is 0 Å². The highest BCUT2D eigenvalue weighted by molar-refractivity contribution is 5.98. The Morgan fingerprint density at radius 1 is 0.602 bits per heavy atom. The van der Waals surface area contributed by atoms with Crippen LogP contribution in [-0.4, -0.2) is 118 Å². The van der Waals surface area contributed by atoms with E-state index < -0.39 is 53.5 Å². The fourth-order valence-electron chi connectivity index (χ4n) is 9.18. The van der Waals surface area contributed by atoms with Crippen molar-refractivity contribution in [1.82, 2.24) is 9.80 Å². The third-order valence-electron chi connectivity index (χ3n) is 13.3. The molecule has 6 rings (SSSR count). The zero-order valence-electron chi connectivity index (χ0n) is 47.9. The van der Waals surface area contributed by atoms with Gasteiger partial charge in [-0.25, -0.2) is 9.59 Å². The van der Waals surface area contributed by atoms with Crippen LogP contribution in [0.5, 0.6) is 0 Å². The number of aromatic nitrogens is 2. The van der Waals surface area contributed by atoms with E-state index in [2.05, 4.69) is 38.1 Å². The topological polar surface area (TPSA) is 262 Å². The van der Waals surface area contributed by atoms with E-state index in [9.17, 15) is 28.8 Å². The van der Waals surface area contributed by atoms with Crippen LogP contribution in [0.2, 0.25) is 0 Å². The third kappa shape index (κ3) is 26.7. The molecule has 2 unspecified atom stereocenters. The monoisotopic (exact) mass is 1200 g/mol. The molecule has 6 atom stereocenters. The molecule has 2 aliphatic heterocycles. The van der Waals surface area contributed by atoms with E-state index in [0.29, 0.717) is 24.2 Å². The van der Waals surface area contributed by atoms with Gasteiger partial charge in [-0.3, -0.25) is 19.2 Å². The van der Waals surface area contributed by atoms with Crippen LogP contribution in [0.25, 0.3) is 0 Å². The first kappa shape index (κ1) is 75.8. The number of hydrogen-bond acceptors (Lipinski definition) is 15. The molecule has 2 fully saturated rings. The molecule has 4 heterocycles. The van der Waals surface area contributed by atoms with Gasteiger partial charge in [-0.2, -0.15) is 28.3 Å². The Hall–Kier alpha value is -7.18. The van der Waals surface area contributed by atoms with E-state index in [1.807, 2.05) is 62.1 Å². The van der Waals surface area contributed by atoms with E-state index in [4.69, 9.17) is 48.3 Å². The molecule has 0 radical (unpaired) electrons. The van der Waals surface area contributed by atoms with Crippen molar-refractivity contribution in [2.75, 3.05) is 26.3 Å². The summed E-state index contributed by atoms with van der Waals surface area (Å²) in [5.74, 6) is -3.81. The Kier molecular flexibility index (Phi) is 35.2. The minimum atomic E-state index is -1.22. The average molecular weight is 1200 g/mol. The standard InChI is InChI=1S/C33H47N2O6.C25H30N2O6.2CO2.CH4.2ClH/c1-24(25-14-9-8-10-15-25)28-17-11-12-19-35(28)31(38)39-23-34-18-13-16-26(21-34)29(36)20-27(22-40-32(2,3)4)30(37)41-33(5,6)7;1-18(19-8-3-2-4-9-19)22-11-5-6-13-27(22)25(32)33-17-26-12-7-10-20(15-26)23(29)14-21(16-28)24(30)31;2*2-1-3;;;/h8-10,13-16,18,21,24,27-28H,11-12,17,19-20,22-23H2,1-7H3;2-4,7-10,12,15,18,21-22,28H,5-6,11,13-14,16-17H2,1H3;;;1H4;2*1H/q+1;;;;;;/p-1/t24-,27+,28?;18-,21+,22?;;;;;/m11...../s1. The molecule has 2 aliphatic rings. The van der Waals surface area contributed by atoms with Crippen LogP contribution in [0.15, 0.2) is 110 Å². The number of aliphatic hydroxyl groups is 1. The molecule has 0 saturated carbocycles. The maximum absolute atomic E-state index is 13.2. The van der Waals surface area contributed by atoms with Crippen molar-refractivity contribution in [3.05, 3.63) is 132 Å². The number of amides is 2. The smallest absolute Gasteiger partial charge is 0.414 e. The molecule has 2 N–H and O–H groups in total. The number of pyridine rings is 2. The van der Waals surface area contributed by atoms with Crippen molar-refractivity contribution in [3.8, 4) is 0 Å². The number of carboxylic acid groups (broad SMARTS) is 1. The number of ketones is 2. The second kappa shape index (κ2) is 38.6. The summed E-state index contributed by atoms with van der Waals surface area (Å²) in [5.41, 5.74) is 1.96. The number of hydrogen-bond donors (Lipinski definition) is 2. The van der Waals surface area contributed by atoms with Gasteiger partial charge in [-0.1, -0.05) is 81.9 Å². The number of aliphatic hydroxyl groups excluding tert-OH is 1. The molecule has 0 spiro atoms. The van der Waals surface area contributed by atoms with Crippen LogP contribution in [0.1, 0.15) is 158 Å². The molecule has 0 aliphatic carbocycles. The molecule has 20 nitrogen and oxygen atoms in total. The predicted molar refractivity (Wildman–Crippen MR) is 293 cm³/mol. The molecule has 2 amide bonds. The van der Waals surface area contributed by atoms with Crippen molar-refractivity contribution in [2.45, 2.75) is 163 Å². The first-order valence-corrected chi connectivity index (χ1v) is 26.7. The van der Waals surface area contributed by atoms with Crippen molar-refractivity contribution in [1.29, 1.82) is 0 Å². The minimum absolute atomic E-state index is 0. The first-order chi connectivity index (χ1) is 38.0. The number of piperidine rings is 2. The average Bonchev–Trinajstić information content (AvgIpc) is 3.58. The minimum Gasteiger partial charge on any atom is -1.00 e. The van der Waals surface area contributed by atoms with Gasteiger partial charge in [-0.05, 0) is 103 Å². The van der Waals surface area contributed by atoms with Crippen molar-refractivity contribution in [3.63, 3.8) is 0 Å². The molecule has 2 aromatic carbocycles. The number of carbonyl (C=O) groups excluding carboxylic acids is 9. The lowest BCUT2D eigenvalue weighted by Gasteiger charge is -2.38. The van der Waals surface area contributed by atoms with Gasteiger partial charge in [0.15, 0.2) is 36.4 Å². The van der Waals surface area contributed by atoms with Crippen LogP contribution < -0.4 is 33.9 Å². The zero-order valence-corrected chi connectivity index (χ0v) is 49.4. The molecule has 0 bridgehead atoms. The van der Waals surface area contributed by atoms with Gasteiger partial charge in [0, 0.05) is 62.0 Å². The summed E-state index contributed by atoms with van der Waals surface area (Å²) in [5, 5.41) is 18.2. The SMILES string of the molecule is C.C[C@H](c1ccccc1)C1CCCCN1C(=O)OC[n+]1cccc(C(=O)C[C@@H](CO)C(=O)O)c1.C[C@H](c1ccccc1)C1CCCCN1C(=O)OC[n+]1cccc(C(=O)C[C@@H](COC(C)(C)C)C(=O)OC(C)(C)C)c1.O=C=O.O=C=O.[Cl-].[Cl-]. The highest BCUT2D eigenvalue weighted by Crippen LogP contribution is 2.32. The number of Topliss-reactive ketones (excluding diaryl/α,β-unsaturated/α-hetero) is 2. The van der Waals surface area contributed by atoms with Crippen LogP contribution in [0.4, 0.5) is 9.59 Å². The number of carbonyl (C=O) groups is 6. The molecular weight excluding hydrogens is 1120 g/mol. The second-order valence-corrected chi connectivity index (χ2v) is 21.5. The first-order valence-electron chi connectivity index (χ1n) is 26.7. The quantitative estimate of drug-likeness (QED) is 0.0592. The van der Waals surface area contributed by atoms with Gasteiger partial charge < -0.3 is 63.8 Å². The summed E-state index contributed by atoms with van der Waals surface area (Å²) in [4.78, 5) is 112. The van der Waals surface area contributed by atoms with E-state index >= 15 is 0 Å². The highest BCUT2D eigenvalue weighted by atomic mass is 35.5. The summed E-state index contributed by atoms with van der Waals surface area (Å²) >= 11 is 0. The number of aliphatic carboxylic acids is 1. The Morgan fingerprint density at radius 2 is 0.988 bits per heavy atom. The molecule has 456 valence electrons. The van der Waals surface area contributed by atoms with Gasteiger partial charge in [0.25, 0.3) is 13.5 Å². The molecule has 2 saturated heterocycles. The fraction of sp³-hybridized carbons (Fsp3) is 0.508.